The van der Waals surface area contributed by atoms with Crippen molar-refractivity contribution in [2.75, 3.05) is 5.32 Å². The maximum absolute atomic E-state index is 13.0. The van der Waals surface area contributed by atoms with Crippen LogP contribution < -0.4 is 5.32 Å². The summed E-state index contributed by atoms with van der Waals surface area (Å²) in [4.78, 5) is 21.9. The van der Waals surface area contributed by atoms with E-state index in [-0.39, 0.29) is 11.8 Å². The molecule has 2 heterocycles. The standard InChI is InChI=1S/C21H22N6O/c1-5-17(16-9-7-6-8-10-16)20(28)25-19-18(12-22)15(4)26-27(19)21-23-13(2)11-14(3)24-21/h6-11,17H,5H2,1-4H3,(H,25,28). The van der Waals surface area contributed by atoms with E-state index in [2.05, 4.69) is 26.5 Å². The Bertz CT molecular complexity index is 1030. The van der Waals surface area contributed by atoms with Gasteiger partial charge in [-0.2, -0.15) is 15.0 Å². The van der Waals surface area contributed by atoms with E-state index in [9.17, 15) is 10.1 Å². The summed E-state index contributed by atoms with van der Waals surface area (Å²) >= 11 is 0. The minimum Gasteiger partial charge on any atom is -0.309 e. The van der Waals surface area contributed by atoms with Crippen molar-refractivity contribution in [3.63, 3.8) is 0 Å². The van der Waals surface area contributed by atoms with Crippen molar-refractivity contribution in [1.82, 2.24) is 19.7 Å². The number of nitrogens with zero attached hydrogens (tertiary/aromatic N) is 5. The highest BCUT2D eigenvalue weighted by molar-refractivity contribution is 5.96. The van der Waals surface area contributed by atoms with Gasteiger partial charge >= 0.3 is 0 Å². The minimum absolute atomic E-state index is 0.198. The van der Waals surface area contributed by atoms with Crippen molar-refractivity contribution in [2.45, 2.75) is 40.0 Å². The molecule has 1 amide bonds. The first-order valence-corrected chi connectivity index (χ1v) is 9.12. The Kier molecular flexibility index (Phi) is 5.50. The molecule has 0 aliphatic heterocycles. The molecule has 0 saturated carbocycles. The molecule has 7 heteroatoms. The van der Waals surface area contributed by atoms with Crippen LogP contribution >= 0.6 is 0 Å². The van der Waals surface area contributed by atoms with E-state index >= 15 is 0 Å². The average Bonchev–Trinajstić information content (AvgIpc) is 2.97. The number of rotatable bonds is 5. The number of nitrogens with one attached hydrogen (secondary N) is 1. The smallest absolute Gasteiger partial charge is 0.252 e. The van der Waals surface area contributed by atoms with Crippen molar-refractivity contribution in [1.29, 1.82) is 5.26 Å². The molecule has 28 heavy (non-hydrogen) atoms. The second-order valence-electron chi connectivity index (χ2n) is 6.64. The number of anilines is 1. The molecule has 0 spiro atoms. The Morgan fingerprint density at radius 2 is 1.82 bits per heavy atom. The summed E-state index contributed by atoms with van der Waals surface area (Å²) in [6, 6.07) is 13.6. The van der Waals surface area contributed by atoms with Crippen LogP contribution in [0.15, 0.2) is 36.4 Å². The van der Waals surface area contributed by atoms with Crippen LogP contribution in [0.4, 0.5) is 5.82 Å². The summed E-state index contributed by atoms with van der Waals surface area (Å²) in [5.74, 6) is 0.0850. The average molecular weight is 374 g/mol. The van der Waals surface area contributed by atoms with Crippen LogP contribution in [0.3, 0.4) is 0 Å². The molecule has 0 radical (unpaired) electrons. The number of carbonyl (C=O) groups excluding carboxylic acids is 1. The predicted octanol–water partition coefficient (Wildman–Crippen LogP) is 3.59. The van der Waals surface area contributed by atoms with Gasteiger partial charge in [0, 0.05) is 11.4 Å². The first kappa shape index (κ1) is 19.2. The number of aryl methyl sites for hydroxylation is 3. The van der Waals surface area contributed by atoms with Gasteiger partial charge in [0.25, 0.3) is 5.95 Å². The third-order valence-electron chi connectivity index (χ3n) is 4.50. The van der Waals surface area contributed by atoms with Crippen LogP contribution in [0.5, 0.6) is 0 Å². The lowest BCUT2D eigenvalue weighted by molar-refractivity contribution is -0.117. The number of benzene rings is 1. The molecule has 1 aromatic carbocycles. The lowest BCUT2D eigenvalue weighted by Gasteiger charge is -2.16. The lowest BCUT2D eigenvalue weighted by Crippen LogP contribution is -2.23. The van der Waals surface area contributed by atoms with Gasteiger partial charge in [-0.05, 0) is 38.8 Å². The van der Waals surface area contributed by atoms with Crippen molar-refractivity contribution < 1.29 is 4.79 Å². The first-order valence-electron chi connectivity index (χ1n) is 9.12. The van der Waals surface area contributed by atoms with Crippen molar-refractivity contribution in [3.8, 4) is 12.0 Å². The number of hydrogen-bond donors (Lipinski definition) is 1. The zero-order valence-electron chi connectivity index (χ0n) is 16.4. The Morgan fingerprint density at radius 3 is 2.39 bits per heavy atom. The highest BCUT2D eigenvalue weighted by atomic mass is 16.2. The van der Waals surface area contributed by atoms with Crippen LogP contribution in [0.1, 0.15) is 47.5 Å². The van der Waals surface area contributed by atoms with Crippen molar-refractivity contribution in [2.24, 2.45) is 0 Å². The van der Waals surface area contributed by atoms with Crippen molar-refractivity contribution in [3.05, 3.63) is 64.6 Å². The summed E-state index contributed by atoms with van der Waals surface area (Å²) in [6.45, 7) is 7.40. The fourth-order valence-corrected chi connectivity index (χ4v) is 3.18. The van der Waals surface area contributed by atoms with E-state index in [1.165, 1.54) is 4.68 Å². The molecular formula is C21H22N6O. The Labute approximate surface area is 164 Å². The van der Waals surface area contributed by atoms with Crippen LogP contribution in [-0.4, -0.2) is 25.7 Å². The quantitative estimate of drug-likeness (QED) is 0.736. The van der Waals surface area contributed by atoms with Crippen molar-refractivity contribution >= 4 is 11.7 Å². The van der Waals surface area contributed by atoms with Gasteiger partial charge in [-0.1, -0.05) is 37.3 Å². The topological polar surface area (TPSA) is 96.5 Å². The molecule has 0 bridgehead atoms. The first-order chi connectivity index (χ1) is 13.4. The molecule has 1 N–H and O–H groups in total. The predicted molar refractivity (Wildman–Crippen MR) is 106 cm³/mol. The van der Waals surface area contributed by atoms with Gasteiger partial charge in [0.15, 0.2) is 5.82 Å². The van der Waals surface area contributed by atoms with E-state index in [4.69, 9.17) is 0 Å². The van der Waals surface area contributed by atoms with Crippen LogP contribution in [0, 0.1) is 32.1 Å². The zero-order chi connectivity index (χ0) is 20.3. The molecule has 7 nitrogen and oxygen atoms in total. The Balaban J connectivity index is 2.04. The number of carbonyl (C=O) groups is 1. The fraction of sp³-hybridized carbons (Fsp3) is 0.286. The van der Waals surface area contributed by atoms with Gasteiger partial charge in [-0.25, -0.2) is 9.97 Å². The molecule has 2 aromatic heterocycles. The van der Waals surface area contributed by atoms with Crippen LogP contribution in [0.2, 0.25) is 0 Å². The highest BCUT2D eigenvalue weighted by Gasteiger charge is 2.24. The molecule has 0 aliphatic rings. The molecule has 3 rings (SSSR count). The minimum atomic E-state index is -0.337. The van der Waals surface area contributed by atoms with Crippen LogP contribution in [0.25, 0.3) is 5.95 Å². The molecule has 0 saturated heterocycles. The number of hydrogen-bond acceptors (Lipinski definition) is 5. The maximum Gasteiger partial charge on any atom is 0.252 e. The second kappa shape index (κ2) is 8.01. The van der Waals surface area contributed by atoms with Crippen LogP contribution in [-0.2, 0) is 4.79 Å². The summed E-state index contributed by atoms with van der Waals surface area (Å²) in [5, 5.41) is 16.9. The molecule has 0 fully saturated rings. The van der Waals surface area contributed by atoms with E-state index in [0.29, 0.717) is 29.4 Å². The second-order valence-corrected chi connectivity index (χ2v) is 6.64. The fourth-order valence-electron chi connectivity index (χ4n) is 3.18. The molecule has 3 aromatic rings. The lowest BCUT2D eigenvalue weighted by atomic mass is 9.95. The van der Waals surface area contributed by atoms with Gasteiger partial charge in [0.1, 0.15) is 11.6 Å². The monoisotopic (exact) mass is 374 g/mol. The number of amides is 1. The Morgan fingerprint density at radius 1 is 1.18 bits per heavy atom. The maximum atomic E-state index is 13.0. The number of nitriles is 1. The summed E-state index contributed by atoms with van der Waals surface area (Å²) in [5.41, 5.74) is 3.29. The third kappa shape index (κ3) is 3.76. The molecule has 1 unspecified atom stereocenters. The van der Waals surface area contributed by atoms with E-state index < -0.39 is 0 Å². The largest absolute Gasteiger partial charge is 0.309 e. The molecular weight excluding hydrogens is 352 g/mol. The van der Waals surface area contributed by atoms with Gasteiger partial charge < -0.3 is 5.32 Å². The normalized spacial score (nSPS) is 11.7. The van der Waals surface area contributed by atoms with E-state index in [1.807, 2.05) is 57.2 Å². The summed E-state index contributed by atoms with van der Waals surface area (Å²) in [6.07, 6.45) is 0.630. The highest BCUT2D eigenvalue weighted by Crippen LogP contribution is 2.26. The summed E-state index contributed by atoms with van der Waals surface area (Å²) < 4.78 is 1.43. The zero-order valence-corrected chi connectivity index (χ0v) is 16.4. The molecule has 1 atom stereocenters. The van der Waals surface area contributed by atoms with Gasteiger partial charge in [0.05, 0.1) is 11.6 Å². The van der Waals surface area contributed by atoms with E-state index in [1.54, 1.807) is 6.92 Å². The Hall–Kier alpha value is -3.53. The van der Waals surface area contributed by atoms with Gasteiger partial charge in [-0.3, -0.25) is 4.79 Å². The number of aromatic nitrogens is 4. The van der Waals surface area contributed by atoms with Gasteiger partial charge in [-0.15, -0.1) is 0 Å². The molecule has 142 valence electrons. The van der Waals surface area contributed by atoms with Gasteiger partial charge in [0.2, 0.25) is 5.91 Å². The molecule has 0 aliphatic carbocycles. The van der Waals surface area contributed by atoms with E-state index in [0.717, 1.165) is 17.0 Å². The third-order valence-corrected chi connectivity index (χ3v) is 4.50. The summed E-state index contributed by atoms with van der Waals surface area (Å²) in [7, 11) is 0. The SMILES string of the molecule is CCC(C(=O)Nc1c(C#N)c(C)nn1-c1nc(C)cc(C)n1)c1ccccc1.